The van der Waals surface area contributed by atoms with Crippen molar-refractivity contribution in [3.63, 3.8) is 0 Å². The third-order valence-corrected chi connectivity index (χ3v) is 0.921. The molecule has 3 N–H and O–H groups in total. The maximum Gasteiger partial charge on any atom is 0.469 e. The minimum absolute atomic E-state index is 0.454. The van der Waals surface area contributed by atoms with Crippen LogP contribution in [0.4, 0.5) is 0 Å². The number of aliphatic hydroxyl groups excluding tert-OH is 1. The zero-order valence-electron chi connectivity index (χ0n) is 4.60. The van der Waals surface area contributed by atoms with Crippen LogP contribution in [-0.2, 0) is 9.09 Å². The molecule has 0 saturated carbocycles. The Morgan fingerprint density at radius 1 is 1.67 bits per heavy atom. The molecule has 55 valence electrons. The predicted molar refractivity (Wildman–Crippen MR) is 29.4 cm³/mol. The van der Waals surface area contributed by atoms with Gasteiger partial charge >= 0.3 is 7.82 Å². The van der Waals surface area contributed by atoms with Crippen LogP contribution < -0.4 is 0 Å². The Kier molecular flexibility index (Phi) is 3.32. The van der Waals surface area contributed by atoms with Gasteiger partial charge in [-0.05, 0) is 6.92 Å². The fourth-order valence-electron chi connectivity index (χ4n) is 0.183. The van der Waals surface area contributed by atoms with Gasteiger partial charge in [0.1, 0.15) is 0 Å². The quantitative estimate of drug-likeness (QED) is 0.468. The Bertz CT molecular complexity index is 115. The van der Waals surface area contributed by atoms with Crippen LogP contribution in [0.2, 0.25) is 0 Å². The van der Waals surface area contributed by atoms with Crippen molar-refractivity contribution in [1.82, 2.24) is 0 Å². The molecule has 0 saturated heterocycles. The zero-order valence-corrected chi connectivity index (χ0v) is 5.49. The topological polar surface area (TPSA) is 87.0 Å². The van der Waals surface area contributed by atoms with E-state index >= 15 is 0 Å². The van der Waals surface area contributed by atoms with Crippen molar-refractivity contribution in [3.05, 3.63) is 6.92 Å². The summed E-state index contributed by atoms with van der Waals surface area (Å²) in [5.41, 5.74) is 0. The van der Waals surface area contributed by atoms with Gasteiger partial charge in [0.25, 0.3) is 0 Å². The molecule has 0 aromatic carbocycles. The average molecular weight is 155 g/mol. The monoisotopic (exact) mass is 155 g/mol. The van der Waals surface area contributed by atoms with Gasteiger partial charge in [0.15, 0.2) is 0 Å². The largest absolute Gasteiger partial charge is 0.469 e. The first kappa shape index (κ1) is 9.07. The SMILES string of the molecule is [CH2]C(O)COP(=O)(O)O. The molecule has 9 heavy (non-hydrogen) atoms. The van der Waals surface area contributed by atoms with Gasteiger partial charge in [0.05, 0.1) is 12.7 Å². The summed E-state index contributed by atoms with van der Waals surface area (Å²) in [4.78, 5) is 16.0. The van der Waals surface area contributed by atoms with E-state index in [0.29, 0.717) is 0 Å². The van der Waals surface area contributed by atoms with E-state index in [-0.39, 0.29) is 0 Å². The maximum absolute atomic E-state index is 9.87. The van der Waals surface area contributed by atoms with Crippen LogP contribution in [0.1, 0.15) is 0 Å². The maximum atomic E-state index is 9.87. The van der Waals surface area contributed by atoms with E-state index in [1.54, 1.807) is 0 Å². The molecule has 1 radical (unpaired) electrons. The van der Waals surface area contributed by atoms with Gasteiger partial charge in [-0.1, -0.05) is 0 Å². The molecule has 0 aliphatic carbocycles. The molecule has 0 aromatic rings. The normalized spacial score (nSPS) is 15.6. The van der Waals surface area contributed by atoms with Crippen LogP contribution >= 0.6 is 7.82 Å². The second-order valence-corrected chi connectivity index (χ2v) is 2.68. The molecule has 0 bridgehead atoms. The van der Waals surface area contributed by atoms with E-state index in [0.717, 1.165) is 0 Å². The van der Waals surface area contributed by atoms with Gasteiger partial charge in [-0.25, -0.2) is 4.57 Å². The molecule has 6 heteroatoms. The van der Waals surface area contributed by atoms with E-state index in [1.165, 1.54) is 0 Å². The van der Waals surface area contributed by atoms with Gasteiger partial charge in [-0.15, -0.1) is 0 Å². The summed E-state index contributed by atoms with van der Waals surface area (Å²) in [5.74, 6) is 0. The zero-order chi connectivity index (χ0) is 7.49. The van der Waals surface area contributed by atoms with E-state index in [2.05, 4.69) is 11.4 Å². The van der Waals surface area contributed by atoms with Gasteiger partial charge in [0.2, 0.25) is 0 Å². The highest BCUT2D eigenvalue weighted by Crippen LogP contribution is 2.35. The molecule has 0 heterocycles. The standard InChI is InChI=1S/C3H8O5P/c1-3(4)2-8-9(5,6)7/h3-4H,1-2H2,(H2,5,6,7). The number of hydrogen-bond donors (Lipinski definition) is 3. The van der Waals surface area contributed by atoms with Crippen LogP contribution in [0.3, 0.4) is 0 Å². The number of phosphoric acid groups is 1. The Labute approximate surface area is 52.5 Å². The lowest BCUT2D eigenvalue weighted by atomic mass is 10.5. The summed E-state index contributed by atoms with van der Waals surface area (Å²) < 4.78 is 13.7. The molecular weight excluding hydrogens is 147 g/mol. The average Bonchev–Trinajstić information content (AvgIpc) is 1.59. The third-order valence-electron chi connectivity index (χ3n) is 0.435. The first-order chi connectivity index (χ1) is 3.92. The number of phosphoric ester groups is 1. The van der Waals surface area contributed by atoms with Gasteiger partial charge in [-0.2, -0.15) is 0 Å². The van der Waals surface area contributed by atoms with Crippen molar-refractivity contribution in [2.24, 2.45) is 0 Å². The van der Waals surface area contributed by atoms with Crippen LogP contribution in [0.15, 0.2) is 0 Å². The molecule has 0 amide bonds. The van der Waals surface area contributed by atoms with Crippen LogP contribution in [0.5, 0.6) is 0 Å². The second kappa shape index (κ2) is 3.29. The van der Waals surface area contributed by atoms with E-state index in [1.807, 2.05) is 0 Å². The minimum Gasteiger partial charge on any atom is -0.391 e. The minimum atomic E-state index is -4.42. The van der Waals surface area contributed by atoms with Crippen LogP contribution in [-0.4, -0.2) is 27.6 Å². The van der Waals surface area contributed by atoms with Gasteiger partial charge in [0, 0.05) is 0 Å². The lowest BCUT2D eigenvalue weighted by Crippen LogP contribution is -2.08. The Hall–Kier alpha value is 0.0700. The van der Waals surface area contributed by atoms with Crippen molar-refractivity contribution >= 4 is 7.82 Å². The molecule has 0 rings (SSSR count). The Balaban J connectivity index is 3.40. The second-order valence-electron chi connectivity index (χ2n) is 1.44. The van der Waals surface area contributed by atoms with Crippen LogP contribution in [0.25, 0.3) is 0 Å². The van der Waals surface area contributed by atoms with Crippen molar-refractivity contribution in [1.29, 1.82) is 0 Å². The predicted octanol–water partition coefficient (Wildman–Crippen LogP) is -0.709. The summed E-state index contributed by atoms with van der Waals surface area (Å²) in [5, 5.41) is 8.34. The molecule has 0 aliphatic heterocycles. The molecular formula is C3H8O5P. The third kappa shape index (κ3) is 8.07. The van der Waals surface area contributed by atoms with Crippen molar-refractivity contribution in [3.8, 4) is 0 Å². The van der Waals surface area contributed by atoms with Crippen LogP contribution in [0, 0.1) is 6.92 Å². The number of rotatable bonds is 3. The number of aliphatic hydroxyl groups is 1. The van der Waals surface area contributed by atoms with Crippen molar-refractivity contribution in [2.45, 2.75) is 6.10 Å². The first-order valence-corrected chi connectivity index (χ1v) is 3.66. The molecule has 1 unspecified atom stereocenters. The summed E-state index contributed by atoms with van der Waals surface area (Å²) in [6.07, 6.45) is -1.10. The van der Waals surface area contributed by atoms with Gasteiger partial charge in [-0.3, -0.25) is 4.52 Å². The summed E-state index contributed by atoms with van der Waals surface area (Å²) in [6, 6.07) is 0. The molecule has 0 fully saturated rings. The molecule has 0 aromatic heterocycles. The Morgan fingerprint density at radius 2 is 2.11 bits per heavy atom. The van der Waals surface area contributed by atoms with Crippen molar-refractivity contribution in [2.75, 3.05) is 6.61 Å². The number of hydrogen-bond acceptors (Lipinski definition) is 3. The highest BCUT2D eigenvalue weighted by atomic mass is 31.2. The molecule has 0 aliphatic rings. The fourth-order valence-corrected chi connectivity index (χ4v) is 0.549. The lowest BCUT2D eigenvalue weighted by molar-refractivity contribution is 0.112. The fraction of sp³-hybridized carbons (Fsp3) is 0.667. The Morgan fingerprint density at radius 3 is 2.22 bits per heavy atom. The highest BCUT2D eigenvalue weighted by Gasteiger charge is 2.14. The summed E-state index contributed by atoms with van der Waals surface area (Å²) in [7, 11) is -4.42. The summed E-state index contributed by atoms with van der Waals surface area (Å²) >= 11 is 0. The molecule has 5 nitrogen and oxygen atoms in total. The van der Waals surface area contributed by atoms with Crippen molar-refractivity contribution < 1.29 is 24.0 Å². The smallest absolute Gasteiger partial charge is 0.391 e. The molecule has 1 atom stereocenters. The highest BCUT2D eigenvalue weighted by molar-refractivity contribution is 7.46. The first-order valence-electron chi connectivity index (χ1n) is 2.13. The van der Waals surface area contributed by atoms with E-state index in [4.69, 9.17) is 14.9 Å². The summed E-state index contributed by atoms with van der Waals surface area (Å²) in [6.45, 7) is 2.57. The molecule has 0 spiro atoms. The van der Waals surface area contributed by atoms with Gasteiger partial charge < -0.3 is 14.9 Å². The van der Waals surface area contributed by atoms with E-state index < -0.39 is 20.5 Å². The lowest BCUT2D eigenvalue weighted by Gasteiger charge is -2.05. The van der Waals surface area contributed by atoms with E-state index in [9.17, 15) is 4.57 Å².